The normalized spacial score (nSPS) is 18.2. The summed E-state index contributed by atoms with van der Waals surface area (Å²) in [6.07, 6.45) is 11.2. The van der Waals surface area contributed by atoms with Gasteiger partial charge in [0.2, 0.25) is 0 Å². The van der Waals surface area contributed by atoms with E-state index < -0.39 is 5.97 Å². The molecule has 2 rings (SSSR count). The lowest BCUT2D eigenvalue weighted by atomic mass is 9.67. The number of carboxylic acid groups (broad SMARTS) is 1. The van der Waals surface area contributed by atoms with Crippen molar-refractivity contribution < 1.29 is 14.6 Å². The zero-order valence-electron chi connectivity index (χ0n) is 20.6. The predicted octanol–water partition coefficient (Wildman–Crippen LogP) is 6.48. The number of nitrogens with one attached hydrogen (secondary N) is 1. The van der Waals surface area contributed by atoms with E-state index in [-0.39, 0.29) is 23.2 Å². The molecule has 0 aliphatic heterocycles. The molecule has 6 heteroatoms. The van der Waals surface area contributed by atoms with Crippen LogP contribution in [0.4, 0.5) is 0 Å². The molecule has 5 nitrogen and oxygen atoms in total. The van der Waals surface area contributed by atoms with Gasteiger partial charge in [-0.3, -0.25) is 9.79 Å². The van der Waals surface area contributed by atoms with Gasteiger partial charge in [0, 0.05) is 34.6 Å². The minimum atomic E-state index is -0.844. The Hall–Kier alpha value is -2.60. The van der Waals surface area contributed by atoms with E-state index in [2.05, 4.69) is 57.4 Å². The van der Waals surface area contributed by atoms with Gasteiger partial charge in [0.25, 0.3) is 0 Å². The Kier molecular flexibility index (Phi) is 9.29. The van der Waals surface area contributed by atoms with Crippen molar-refractivity contribution >= 4 is 24.0 Å². The van der Waals surface area contributed by atoms with Crippen molar-refractivity contribution in [1.82, 2.24) is 5.32 Å². The SMILES string of the molecule is C=N/C=C\NCC(CC(=O)O)C(/C=C\C(=C)OCc1cc2c(s1)C(C)(C)CCC2(C)C)=C/C. The molecule has 1 heterocycles. The van der Waals surface area contributed by atoms with Crippen LogP contribution in [0.5, 0.6) is 0 Å². The van der Waals surface area contributed by atoms with E-state index in [0.29, 0.717) is 18.9 Å². The van der Waals surface area contributed by atoms with Crippen LogP contribution in [0.2, 0.25) is 0 Å². The van der Waals surface area contributed by atoms with Crippen molar-refractivity contribution in [2.24, 2.45) is 10.9 Å². The zero-order chi connectivity index (χ0) is 24.6. The van der Waals surface area contributed by atoms with Crippen LogP contribution in [0.1, 0.15) is 69.2 Å². The van der Waals surface area contributed by atoms with Gasteiger partial charge >= 0.3 is 5.97 Å². The molecule has 0 aromatic carbocycles. The smallest absolute Gasteiger partial charge is 0.304 e. The maximum Gasteiger partial charge on any atom is 0.304 e. The van der Waals surface area contributed by atoms with Gasteiger partial charge in [0.05, 0.1) is 6.42 Å². The van der Waals surface area contributed by atoms with Crippen molar-refractivity contribution in [3.05, 3.63) is 69.9 Å². The number of hydrogen-bond acceptors (Lipinski definition) is 5. The van der Waals surface area contributed by atoms with E-state index in [1.807, 2.05) is 36.5 Å². The molecule has 0 spiro atoms. The van der Waals surface area contributed by atoms with Gasteiger partial charge in [0.1, 0.15) is 12.4 Å². The van der Waals surface area contributed by atoms with E-state index in [9.17, 15) is 9.90 Å². The number of fused-ring (bicyclic) bond motifs is 1. The average Bonchev–Trinajstić information content (AvgIpc) is 3.20. The third-order valence-corrected chi connectivity index (χ3v) is 7.73. The summed E-state index contributed by atoms with van der Waals surface area (Å²) >= 11 is 1.85. The third-order valence-electron chi connectivity index (χ3n) is 6.25. The number of rotatable bonds is 12. The Morgan fingerprint density at radius 1 is 1.30 bits per heavy atom. The molecule has 1 aromatic heterocycles. The monoisotopic (exact) mass is 470 g/mol. The van der Waals surface area contributed by atoms with Gasteiger partial charge in [-0.05, 0) is 60.6 Å². The predicted molar refractivity (Wildman–Crippen MR) is 139 cm³/mol. The molecule has 0 fully saturated rings. The maximum absolute atomic E-state index is 11.3. The van der Waals surface area contributed by atoms with Crippen LogP contribution in [-0.4, -0.2) is 24.3 Å². The number of aliphatic carboxylic acids is 1. The Balaban J connectivity index is 2.03. The molecular formula is C27H38N2O3S. The summed E-state index contributed by atoms with van der Waals surface area (Å²) in [5.41, 5.74) is 2.76. The number of thiophene rings is 1. The lowest BCUT2D eigenvalue weighted by Gasteiger charge is -2.39. The highest BCUT2D eigenvalue weighted by atomic mass is 32.1. The number of nitrogens with zero attached hydrogens (tertiary/aromatic N) is 1. The molecule has 0 saturated carbocycles. The Bertz CT molecular complexity index is 917. The number of hydrogen-bond donors (Lipinski definition) is 2. The van der Waals surface area contributed by atoms with Crippen molar-refractivity contribution in [2.75, 3.05) is 6.54 Å². The third kappa shape index (κ3) is 7.46. The Labute approximate surface area is 202 Å². The van der Waals surface area contributed by atoms with Crippen LogP contribution in [0.25, 0.3) is 0 Å². The summed E-state index contributed by atoms with van der Waals surface area (Å²) in [6, 6.07) is 2.30. The van der Waals surface area contributed by atoms with Gasteiger partial charge in [-0.2, -0.15) is 0 Å². The van der Waals surface area contributed by atoms with Crippen LogP contribution in [-0.2, 0) is 27.0 Å². The molecule has 0 saturated heterocycles. The van der Waals surface area contributed by atoms with Crippen LogP contribution in [0.3, 0.4) is 0 Å². The first kappa shape index (κ1) is 26.7. The van der Waals surface area contributed by atoms with Gasteiger partial charge in [0.15, 0.2) is 0 Å². The fraction of sp³-hybridized carbons (Fsp3) is 0.481. The summed E-state index contributed by atoms with van der Waals surface area (Å²) in [6.45, 7) is 19.6. The Morgan fingerprint density at radius 3 is 2.61 bits per heavy atom. The molecule has 1 atom stereocenters. The van der Waals surface area contributed by atoms with E-state index in [1.165, 1.54) is 34.4 Å². The fourth-order valence-electron chi connectivity index (χ4n) is 4.10. The number of ether oxygens (including phenoxy) is 1. The zero-order valence-corrected chi connectivity index (χ0v) is 21.4. The summed E-state index contributed by atoms with van der Waals surface area (Å²) in [5.74, 6) is -0.487. The van der Waals surface area contributed by atoms with Crippen molar-refractivity contribution in [1.29, 1.82) is 0 Å². The minimum Gasteiger partial charge on any atom is -0.489 e. The topological polar surface area (TPSA) is 70.9 Å². The lowest BCUT2D eigenvalue weighted by Crippen LogP contribution is -2.31. The second-order valence-electron chi connectivity index (χ2n) is 9.80. The molecule has 1 aliphatic rings. The van der Waals surface area contributed by atoms with Crippen molar-refractivity contribution in [3.63, 3.8) is 0 Å². The molecule has 1 unspecified atom stereocenters. The first-order valence-electron chi connectivity index (χ1n) is 11.4. The van der Waals surface area contributed by atoms with E-state index in [1.54, 1.807) is 6.20 Å². The van der Waals surface area contributed by atoms with Crippen LogP contribution < -0.4 is 5.32 Å². The van der Waals surface area contributed by atoms with E-state index >= 15 is 0 Å². The molecule has 0 radical (unpaired) electrons. The minimum absolute atomic E-state index is 0.0199. The number of aliphatic imine (C=N–C) groups is 1. The van der Waals surface area contributed by atoms with Gasteiger partial charge < -0.3 is 15.2 Å². The van der Waals surface area contributed by atoms with Gasteiger partial charge in [-0.15, -0.1) is 11.3 Å². The second kappa shape index (κ2) is 11.5. The van der Waals surface area contributed by atoms with Crippen LogP contribution in [0, 0.1) is 5.92 Å². The van der Waals surface area contributed by atoms with Crippen molar-refractivity contribution in [3.8, 4) is 0 Å². The molecule has 180 valence electrons. The van der Waals surface area contributed by atoms with Gasteiger partial charge in [-0.1, -0.05) is 46.4 Å². The molecule has 2 N–H and O–H groups in total. The number of allylic oxidation sites excluding steroid dienone is 3. The lowest BCUT2D eigenvalue weighted by molar-refractivity contribution is -0.137. The summed E-state index contributed by atoms with van der Waals surface area (Å²) in [5, 5.41) is 12.4. The largest absolute Gasteiger partial charge is 0.489 e. The number of carboxylic acids is 1. The van der Waals surface area contributed by atoms with Gasteiger partial charge in [-0.25, -0.2) is 0 Å². The maximum atomic E-state index is 11.3. The quantitative estimate of drug-likeness (QED) is 0.208. The average molecular weight is 471 g/mol. The summed E-state index contributed by atoms with van der Waals surface area (Å²) in [4.78, 5) is 17.6. The number of carbonyl (C=O) groups is 1. The first-order chi connectivity index (χ1) is 15.5. The molecule has 0 bridgehead atoms. The first-order valence-corrected chi connectivity index (χ1v) is 12.2. The highest BCUT2D eigenvalue weighted by molar-refractivity contribution is 7.12. The molecule has 33 heavy (non-hydrogen) atoms. The molecular weight excluding hydrogens is 432 g/mol. The fourth-order valence-corrected chi connectivity index (χ4v) is 5.48. The Morgan fingerprint density at radius 2 is 2.00 bits per heavy atom. The highest BCUT2D eigenvalue weighted by Gasteiger charge is 2.38. The molecule has 0 amide bonds. The highest BCUT2D eigenvalue weighted by Crippen LogP contribution is 2.49. The van der Waals surface area contributed by atoms with Crippen molar-refractivity contribution in [2.45, 2.75) is 71.3 Å². The van der Waals surface area contributed by atoms with Crippen LogP contribution in [0.15, 0.2) is 59.6 Å². The standard InChI is InChI=1S/C27H38N2O3S/c1-8-20(21(15-24(30)31)17-29-14-13-28-7)10-9-19(2)32-18-22-16-23-25(33-22)27(5,6)12-11-26(23,3)4/h8-10,13-14,16,21,29H,2,7,11-12,15,17-18H2,1,3-6H3,(H,30,31)/b10-9-,14-13-,20-8+. The summed E-state index contributed by atoms with van der Waals surface area (Å²) in [7, 11) is 0. The van der Waals surface area contributed by atoms with E-state index in [4.69, 9.17) is 4.74 Å². The molecule has 1 aromatic rings. The molecule has 1 aliphatic carbocycles. The van der Waals surface area contributed by atoms with E-state index in [0.717, 1.165) is 5.57 Å². The summed E-state index contributed by atoms with van der Waals surface area (Å²) < 4.78 is 5.95. The van der Waals surface area contributed by atoms with Crippen LogP contribution >= 0.6 is 11.3 Å². The second-order valence-corrected chi connectivity index (χ2v) is 10.9.